The molecular formula is C18H26Cl2N4O2. The number of anilines is 1. The number of carbonyl (C=O) groups is 2. The Labute approximate surface area is 164 Å². The number of nitrogens with zero attached hydrogens (tertiary/aromatic N) is 2. The lowest BCUT2D eigenvalue weighted by atomic mass is 10.2. The first-order valence-electron chi connectivity index (χ1n) is 8.78. The van der Waals surface area contributed by atoms with Gasteiger partial charge in [0.15, 0.2) is 0 Å². The molecule has 0 aromatic heterocycles. The van der Waals surface area contributed by atoms with Crippen molar-refractivity contribution >= 4 is 40.7 Å². The van der Waals surface area contributed by atoms with Crippen LogP contribution in [0.5, 0.6) is 0 Å². The molecule has 1 aliphatic heterocycles. The van der Waals surface area contributed by atoms with Gasteiger partial charge in [-0.1, -0.05) is 23.2 Å². The van der Waals surface area contributed by atoms with E-state index in [-0.39, 0.29) is 23.9 Å². The van der Waals surface area contributed by atoms with Gasteiger partial charge in [-0.05, 0) is 39.0 Å². The summed E-state index contributed by atoms with van der Waals surface area (Å²) in [7, 11) is 0. The highest BCUT2D eigenvalue weighted by Gasteiger charge is 2.26. The summed E-state index contributed by atoms with van der Waals surface area (Å²) in [4.78, 5) is 28.6. The van der Waals surface area contributed by atoms with Crippen molar-refractivity contribution in [2.45, 2.75) is 32.9 Å². The van der Waals surface area contributed by atoms with Gasteiger partial charge in [0.25, 0.3) is 0 Å². The summed E-state index contributed by atoms with van der Waals surface area (Å²) < 4.78 is 0. The van der Waals surface area contributed by atoms with Crippen molar-refractivity contribution in [2.75, 3.05) is 38.0 Å². The highest BCUT2D eigenvalue weighted by molar-refractivity contribution is 6.42. The summed E-state index contributed by atoms with van der Waals surface area (Å²) >= 11 is 11.9. The van der Waals surface area contributed by atoms with Crippen molar-refractivity contribution < 1.29 is 9.59 Å². The maximum Gasteiger partial charge on any atom is 0.241 e. The molecule has 1 aromatic rings. The molecular weight excluding hydrogens is 375 g/mol. The molecule has 144 valence electrons. The van der Waals surface area contributed by atoms with Gasteiger partial charge in [-0.3, -0.25) is 19.4 Å². The summed E-state index contributed by atoms with van der Waals surface area (Å²) in [5.41, 5.74) is 0.625. The lowest BCUT2D eigenvalue weighted by molar-refractivity contribution is -0.125. The SMILES string of the molecule is CC(C)NC(=O)CN1CCN([C@@H](C)C(=O)Nc2ccc(Cl)c(Cl)c2)CC1. The van der Waals surface area contributed by atoms with Gasteiger partial charge in [0.05, 0.1) is 22.6 Å². The van der Waals surface area contributed by atoms with Crippen molar-refractivity contribution in [1.82, 2.24) is 15.1 Å². The van der Waals surface area contributed by atoms with Gasteiger partial charge in [-0.25, -0.2) is 0 Å². The molecule has 0 aliphatic carbocycles. The molecule has 2 rings (SSSR count). The molecule has 26 heavy (non-hydrogen) atoms. The Bertz CT molecular complexity index is 646. The molecule has 2 N–H and O–H groups in total. The van der Waals surface area contributed by atoms with E-state index in [1.807, 2.05) is 20.8 Å². The monoisotopic (exact) mass is 400 g/mol. The molecule has 1 heterocycles. The second kappa shape index (κ2) is 9.55. The van der Waals surface area contributed by atoms with E-state index in [0.29, 0.717) is 22.3 Å². The average Bonchev–Trinajstić information content (AvgIpc) is 2.57. The van der Waals surface area contributed by atoms with Crippen LogP contribution in [-0.4, -0.2) is 66.4 Å². The maximum atomic E-state index is 12.5. The quantitative estimate of drug-likeness (QED) is 0.769. The molecule has 0 unspecified atom stereocenters. The normalized spacial score (nSPS) is 17.2. The molecule has 0 spiro atoms. The third-order valence-electron chi connectivity index (χ3n) is 4.34. The molecule has 1 aliphatic rings. The first kappa shape index (κ1) is 21.0. The topological polar surface area (TPSA) is 64.7 Å². The lowest BCUT2D eigenvalue weighted by Crippen LogP contribution is -2.54. The van der Waals surface area contributed by atoms with Crippen molar-refractivity contribution in [3.8, 4) is 0 Å². The largest absolute Gasteiger partial charge is 0.353 e. The third-order valence-corrected chi connectivity index (χ3v) is 5.08. The molecule has 6 nitrogen and oxygen atoms in total. The molecule has 0 bridgehead atoms. The van der Waals surface area contributed by atoms with Crippen LogP contribution in [0.1, 0.15) is 20.8 Å². The number of rotatable bonds is 6. The smallest absolute Gasteiger partial charge is 0.241 e. The summed E-state index contributed by atoms with van der Waals surface area (Å²) in [6, 6.07) is 4.90. The molecule has 0 saturated carbocycles. The predicted molar refractivity (Wildman–Crippen MR) is 106 cm³/mol. The highest BCUT2D eigenvalue weighted by atomic mass is 35.5. The van der Waals surface area contributed by atoms with E-state index in [9.17, 15) is 9.59 Å². The van der Waals surface area contributed by atoms with Gasteiger partial charge in [0.1, 0.15) is 0 Å². The predicted octanol–water partition coefficient (Wildman–Crippen LogP) is 2.46. The zero-order chi connectivity index (χ0) is 19.3. The van der Waals surface area contributed by atoms with Crippen molar-refractivity contribution in [2.24, 2.45) is 0 Å². The van der Waals surface area contributed by atoms with E-state index < -0.39 is 0 Å². The molecule has 1 atom stereocenters. The van der Waals surface area contributed by atoms with Crippen LogP contribution in [0.4, 0.5) is 5.69 Å². The van der Waals surface area contributed by atoms with Crippen molar-refractivity contribution in [3.63, 3.8) is 0 Å². The highest BCUT2D eigenvalue weighted by Crippen LogP contribution is 2.25. The zero-order valence-electron chi connectivity index (χ0n) is 15.4. The van der Waals surface area contributed by atoms with Gasteiger partial charge >= 0.3 is 0 Å². The number of hydrogen-bond acceptors (Lipinski definition) is 4. The summed E-state index contributed by atoms with van der Waals surface area (Å²) in [5.74, 6) is -0.0479. The van der Waals surface area contributed by atoms with Crippen molar-refractivity contribution in [3.05, 3.63) is 28.2 Å². The van der Waals surface area contributed by atoms with Crippen molar-refractivity contribution in [1.29, 1.82) is 0 Å². The van der Waals surface area contributed by atoms with Crippen LogP contribution in [0.15, 0.2) is 18.2 Å². The lowest BCUT2D eigenvalue weighted by Gasteiger charge is -2.37. The van der Waals surface area contributed by atoms with Gasteiger partial charge in [-0.15, -0.1) is 0 Å². The van der Waals surface area contributed by atoms with Crippen LogP contribution < -0.4 is 10.6 Å². The fourth-order valence-electron chi connectivity index (χ4n) is 2.87. The summed E-state index contributed by atoms with van der Waals surface area (Å²) in [5, 5.41) is 6.63. The molecule has 1 fully saturated rings. The number of halogens is 2. The number of benzene rings is 1. The van der Waals surface area contributed by atoms with E-state index in [1.165, 1.54) is 0 Å². The maximum absolute atomic E-state index is 12.5. The van der Waals surface area contributed by atoms with Crippen LogP contribution in [0.25, 0.3) is 0 Å². The third kappa shape index (κ3) is 6.13. The van der Waals surface area contributed by atoms with Crippen LogP contribution in [0.2, 0.25) is 10.0 Å². The number of piperazine rings is 1. The van der Waals surface area contributed by atoms with Crippen LogP contribution in [0.3, 0.4) is 0 Å². The number of nitrogens with one attached hydrogen (secondary N) is 2. The van der Waals surface area contributed by atoms with E-state index in [1.54, 1.807) is 18.2 Å². The van der Waals surface area contributed by atoms with E-state index in [0.717, 1.165) is 26.2 Å². The first-order valence-corrected chi connectivity index (χ1v) is 9.53. The Morgan fingerprint density at radius 3 is 2.31 bits per heavy atom. The van der Waals surface area contributed by atoms with E-state index in [2.05, 4.69) is 20.4 Å². The van der Waals surface area contributed by atoms with Gasteiger partial charge in [-0.2, -0.15) is 0 Å². The fraction of sp³-hybridized carbons (Fsp3) is 0.556. The number of hydrogen-bond donors (Lipinski definition) is 2. The van der Waals surface area contributed by atoms with Crippen LogP contribution in [-0.2, 0) is 9.59 Å². The van der Waals surface area contributed by atoms with Crippen LogP contribution in [0, 0.1) is 0 Å². The average molecular weight is 401 g/mol. The minimum atomic E-state index is -0.268. The second-order valence-corrected chi connectivity index (χ2v) is 7.64. The van der Waals surface area contributed by atoms with Gasteiger partial charge in [0, 0.05) is 37.9 Å². The summed E-state index contributed by atoms with van der Waals surface area (Å²) in [6.07, 6.45) is 0. The Kier molecular flexibility index (Phi) is 7.70. The standard InChI is InChI=1S/C18H26Cl2N4O2/c1-12(2)21-17(25)11-23-6-8-24(9-7-23)13(3)18(26)22-14-4-5-15(19)16(20)10-14/h4-5,10,12-13H,6-9,11H2,1-3H3,(H,21,25)(H,22,26)/t13-/m0/s1. The molecule has 8 heteroatoms. The molecule has 0 radical (unpaired) electrons. The van der Waals surface area contributed by atoms with Gasteiger partial charge < -0.3 is 10.6 Å². The molecule has 2 amide bonds. The Hall–Kier alpha value is -1.34. The Balaban J connectivity index is 1.81. The molecule has 1 saturated heterocycles. The first-order chi connectivity index (χ1) is 12.3. The zero-order valence-corrected chi connectivity index (χ0v) is 16.9. The van der Waals surface area contributed by atoms with E-state index in [4.69, 9.17) is 23.2 Å². The Morgan fingerprint density at radius 2 is 1.73 bits per heavy atom. The van der Waals surface area contributed by atoms with Crippen LogP contribution >= 0.6 is 23.2 Å². The number of carbonyl (C=O) groups excluding carboxylic acids is 2. The minimum absolute atomic E-state index is 0.0406. The van der Waals surface area contributed by atoms with E-state index >= 15 is 0 Å². The fourth-order valence-corrected chi connectivity index (χ4v) is 3.16. The number of amides is 2. The Morgan fingerprint density at radius 1 is 1.08 bits per heavy atom. The second-order valence-electron chi connectivity index (χ2n) is 6.83. The minimum Gasteiger partial charge on any atom is -0.353 e. The van der Waals surface area contributed by atoms with Gasteiger partial charge in [0.2, 0.25) is 11.8 Å². The molecule has 1 aromatic carbocycles. The summed E-state index contributed by atoms with van der Waals surface area (Å²) in [6.45, 7) is 9.18.